The summed E-state index contributed by atoms with van der Waals surface area (Å²) in [6, 6.07) is 0. The highest BCUT2D eigenvalue weighted by Gasteiger charge is 2.33. The van der Waals surface area contributed by atoms with Crippen LogP contribution in [-0.4, -0.2) is 30.7 Å². The van der Waals surface area contributed by atoms with Crippen LogP contribution in [0.4, 0.5) is 0 Å². The van der Waals surface area contributed by atoms with Gasteiger partial charge in [-0.2, -0.15) is 0 Å². The van der Waals surface area contributed by atoms with E-state index in [2.05, 4.69) is 22.2 Å². The molecule has 0 saturated heterocycles. The van der Waals surface area contributed by atoms with Crippen LogP contribution >= 0.6 is 0 Å². The smallest absolute Gasteiger partial charge is 0.235 e. The van der Waals surface area contributed by atoms with Crippen molar-refractivity contribution >= 4 is 0 Å². The molecule has 0 spiro atoms. The molecule has 1 aromatic rings. The number of nitrogens with one attached hydrogen (secondary N) is 1. The van der Waals surface area contributed by atoms with Gasteiger partial charge in [-0.1, -0.05) is 26.2 Å². The third-order valence-corrected chi connectivity index (χ3v) is 4.50. The van der Waals surface area contributed by atoms with Gasteiger partial charge in [0.05, 0.1) is 7.11 Å². The van der Waals surface area contributed by atoms with Crippen molar-refractivity contribution in [1.29, 1.82) is 0 Å². The lowest BCUT2D eigenvalue weighted by Gasteiger charge is -2.36. The van der Waals surface area contributed by atoms with E-state index in [4.69, 9.17) is 4.74 Å². The first-order chi connectivity index (χ1) is 9.80. The fourth-order valence-corrected chi connectivity index (χ4v) is 3.58. The largest absolute Gasteiger partial charge is 0.480 e. The van der Waals surface area contributed by atoms with Gasteiger partial charge in [-0.05, 0) is 38.3 Å². The first-order valence-corrected chi connectivity index (χ1v) is 7.79. The maximum atomic E-state index is 5.43. The van der Waals surface area contributed by atoms with Crippen molar-refractivity contribution in [1.82, 2.24) is 15.3 Å². The van der Waals surface area contributed by atoms with Crippen molar-refractivity contribution in [3.63, 3.8) is 0 Å². The minimum absolute atomic E-state index is 0.469. The van der Waals surface area contributed by atoms with E-state index in [0.29, 0.717) is 17.7 Å². The van der Waals surface area contributed by atoms with Gasteiger partial charge in [0, 0.05) is 18.3 Å². The Kier molecular flexibility index (Phi) is 5.77. The third-order valence-electron chi connectivity index (χ3n) is 4.50. The molecule has 4 nitrogen and oxygen atoms in total. The van der Waals surface area contributed by atoms with E-state index in [0.717, 1.165) is 18.2 Å². The van der Waals surface area contributed by atoms with Crippen LogP contribution in [0.2, 0.25) is 0 Å². The monoisotopic (exact) mass is 277 g/mol. The minimum Gasteiger partial charge on any atom is -0.480 e. The zero-order chi connectivity index (χ0) is 14.4. The molecule has 20 heavy (non-hydrogen) atoms. The first-order valence-electron chi connectivity index (χ1n) is 7.79. The van der Waals surface area contributed by atoms with Crippen LogP contribution in [0.5, 0.6) is 5.88 Å². The quantitative estimate of drug-likeness (QED) is 0.868. The molecule has 3 atom stereocenters. The lowest BCUT2D eigenvalue weighted by atomic mass is 9.71. The molecule has 1 heterocycles. The average molecular weight is 277 g/mol. The summed E-state index contributed by atoms with van der Waals surface area (Å²) in [5, 5.41) is 3.33. The molecule has 1 aromatic heterocycles. The van der Waals surface area contributed by atoms with Crippen LogP contribution in [0.3, 0.4) is 0 Å². The van der Waals surface area contributed by atoms with Crippen LogP contribution in [0, 0.1) is 11.8 Å². The molecule has 2 rings (SSSR count). The van der Waals surface area contributed by atoms with E-state index in [1.54, 1.807) is 19.5 Å². The second kappa shape index (κ2) is 7.58. The van der Waals surface area contributed by atoms with E-state index in [1.807, 2.05) is 7.05 Å². The van der Waals surface area contributed by atoms with Gasteiger partial charge in [-0.15, -0.1) is 0 Å². The second-order valence-corrected chi connectivity index (χ2v) is 5.84. The molecular formula is C16H27N3O. The van der Waals surface area contributed by atoms with Gasteiger partial charge in [-0.25, -0.2) is 4.98 Å². The average Bonchev–Trinajstić information content (AvgIpc) is 2.49. The molecule has 1 aliphatic rings. The number of hydrogen-bond donors (Lipinski definition) is 1. The molecular weight excluding hydrogens is 250 g/mol. The number of ether oxygens (including phenoxy) is 1. The van der Waals surface area contributed by atoms with E-state index in [-0.39, 0.29) is 0 Å². The highest BCUT2D eigenvalue weighted by atomic mass is 16.5. The van der Waals surface area contributed by atoms with Crippen molar-refractivity contribution in [2.24, 2.45) is 11.8 Å². The standard InChI is InChI=1S/C16H27N3O/c1-4-5-12-6-7-13(11-17-2)14(10-12)15-16(20-3)19-9-8-18-15/h8-9,12-14,17H,4-7,10-11H2,1-3H3. The molecule has 0 radical (unpaired) electrons. The van der Waals surface area contributed by atoms with Gasteiger partial charge in [-0.3, -0.25) is 4.98 Å². The summed E-state index contributed by atoms with van der Waals surface area (Å²) in [5.74, 6) is 2.63. The van der Waals surface area contributed by atoms with Crippen molar-refractivity contribution in [3.05, 3.63) is 18.1 Å². The summed E-state index contributed by atoms with van der Waals surface area (Å²) in [7, 11) is 3.72. The van der Waals surface area contributed by atoms with Crippen molar-refractivity contribution in [2.45, 2.75) is 44.9 Å². The molecule has 0 aliphatic heterocycles. The van der Waals surface area contributed by atoms with E-state index < -0.39 is 0 Å². The fourth-order valence-electron chi connectivity index (χ4n) is 3.58. The first kappa shape index (κ1) is 15.2. The van der Waals surface area contributed by atoms with Crippen LogP contribution in [0.1, 0.15) is 50.6 Å². The normalized spacial score (nSPS) is 26.4. The number of nitrogens with zero attached hydrogens (tertiary/aromatic N) is 2. The Morgan fingerprint density at radius 1 is 1.30 bits per heavy atom. The minimum atomic E-state index is 0.469. The fraction of sp³-hybridized carbons (Fsp3) is 0.750. The van der Waals surface area contributed by atoms with Crippen molar-refractivity contribution in [2.75, 3.05) is 20.7 Å². The summed E-state index contributed by atoms with van der Waals surface area (Å²) in [6.45, 7) is 3.32. The van der Waals surface area contributed by atoms with Crippen molar-refractivity contribution < 1.29 is 4.74 Å². The summed E-state index contributed by atoms with van der Waals surface area (Å²) < 4.78 is 5.43. The summed E-state index contributed by atoms with van der Waals surface area (Å²) >= 11 is 0. The second-order valence-electron chi connectivity index (χ2n) is 5.84. The van der Waals surface area contributed by atoms with Gasteiger partial charge in [0.2, 0.25) is 5.88 Å². The van der Waals surface area contributed by atoms with Gasteiger partial charge in [0.1, 0.15) is 5.69 Å². The van der Waals surface area contributed by atoms with Crippen LogP contribution in [0.25, 0.3) is 0 Å². The van der Waals surface area contributed by atoms with Gasteiger partial charge < -0.3 is 10.1 Å². The molecule has 0 aromatic carbocycles. The molecule has 1 fully saturated rings. The topological polar surface area (TPSA) is 47.0 Å². The highest BCUT2D eigenvalue weighted by molar-refractivity contribution is 5.23. The van der Waals surface area contributed by atoms with E-state index >= 15 is 0 Å². The zero-order valence-corrected chi connectivity index (χ0v) is 12.9. The van der Waals surface area contributed by atoms with Gasteiger partial charge in [0.15, 0.2) is 0 Å². The third kappa shape index (κ3) is 3.48. The number of rotatable bonds is 6. The molecule has 1 N–H and O–H groups in total. The molecule has 1 saturated carbocycles. The lowest BCUT2D eigenvalue weighted by molar-refractivity contribution is 0.215. The Labute approximate surface area is 122 Å². The summed E-state index contributed by atoms with van der Waals surface area (Å²) in [6.07, 6.45) is 9.93. The molecule has 1 aliphatic carbocycles. The maximum Gasteiger partial charge on any atom is 0.235 e. The lowest BCUT2D eigenvalue weighted by Crippen LogP contribution is -2.31. The van der Waals surface area contributed by atoms with Crippen LogP contribution in [0.15, 0.2) is 12.4 Å². The summed E-state index contributed by atoms with van der Waals surface area (Å²) in [5.41, 5.74) is 1.05. The van der Waals surface area contributed by atoms with Gasteiger partial charge >= 0.3 is 0 Å². The molecule has 3 unspecified atom stereocenters. The molecule has 0 bridgehead atoms. The number of hydrogen-bond acceptors (Lipinski definition) is 4. The van der Waals surface area contributed by atoms with Crippen LogP contribution < -0.4 is 10.1 Å². The van der Waals surface area contributed by atoms with E-state index in [1.165, 1.54) is 32.1 Å². The predicted octanol–water partition coefficient (Wildman–Crippen LogP) is 3.00. The molecule has 4 heteroatoms. The Hall–Kier alpha value is -1.16. The highest BCUT2D eigenvalue weighted by Crippen LogP contribution is 2.43. The SMILES string of the molecule is CCCC1CCC(CNC)C(c2nccnc2OC)C1. The van der Waals surface area contributed by atoms with E-state index in [9.17, 15) is 0 Å². The number of aromatic nitrogens is 2. The maximum absolute atomic E-state index is 5.43. The predicted molar refractivity (Wildman–Crippen MR) is 81.0 cm³/mol. The van der Waals surface area contributed by atoms with Gasteiger partial charge in [0.25, 0.3) is 0 Å². The Bertz CT molecular complexity index is 410. The van der Waals surface area contributed by atoms with Crippen molar-refractivity contribution in [3.8, 4) is 5.88 Å². The summed E-state index contributed by atoms with van der Waals surface area (Å²) in [4.78, 5) is 8.92. The molecule has 112 valence electrons. The Morgan fingerprint density at radius 3 is 2.80 bits per heavy atom. The number of methoxy groups -OCH3 is 1. The Balaban J connectivity index is 2.21. The Morgan fingerprint density at radius 2 is 2.10 bits per heavy atom. The molecule has 0 amide bonds. The van der Waals surface area contributed by atoms with Crippen LogP contribution in [-0.2, 0) is 0 Å². The zero-order valence-electron chi connectivity index (χ0n) is 12.9.